The highest BCUT2D eigenvalue weighted by Crippen LogP contribution is 2.33. The highest BCUT2D eigenvalue weighted by atomic mass is 35.5. The zero-order valence-electron chi connectivity index (χ0n) is 12.9. The highest BCUT2D eigenvalue weighted by molar-refractivity contribution is 6.33. The predicted molar refractivity (Wildman–Crippen MR) is 86.4 cm³/mol. The van der Waals surface area contributed by atoms with E-state index in [0.29, 0.717) is 5.75 Å². The molecular formula is C17H15ClF3NO2. The van der Waals surface area contributed by atoms with Crippen LogP contribution in [-0.2, 0) is 11.0 Å². The second kappa shape index (κ2) is 7.13. The first kappa shape index (κ1) is 18.1. The van der Waals surface area contributed by atoms with Crippen LogP contribution in [0.2, 0.25) is 5.02 Å². The topological polar surface area (TPSA) is 38.3 Å². The second-order valence-corrected chi connectivity index (χ2v) is 5.67. The van der Waals surface area contributed by atoms with Crippen LogP contribution < -0.4 is 10.1 Å². The molecule has 0 saturated carbocycles. The second-order valence-electron chi connectivity index (χ2n) is 5.26. The quantitative estimate of drug-likeness (QED) is 0.829. The van der Waals surface area contributed by atoms with E-state index in [4.69, 9.17) is 16.3 Å². The van der Waals surface area contributed by atoms with Crippen molar-refractivity contribution >= 4 is 23.2 Å². The van der Waals surface area contributed by atoms with E-state index in [9.17, 15) is 18.0 Å². The third kappa shape index (κ3) is 4.64. The molecule has 0 bridgehead atoms. The van der Waals surface area contributed by atoms with Gasteiger partial charge in [-0.15, -0.1) is 0 Å². The van der Waals surface area contributed by atoms with Crippen LogP contribution in [0.5, 0.6) is 5.75 Å². The molecule has 0 aliphatic carbocycles. The molecular weight excluding hydrogens is 343 g/mol. The maximum atomic E-state index is 12.6. The Bertz CT molecular complexity index is 747. The molecule has 2 aromatic rings. The summed E-state index contributed by atoms with van der Waals surface area (Å²) >= 11 is 5.81. The average Bonchev–Trinajstić information content (AvgIpc) is 2.48. The van der Waals surface area contributed by atoms with Gasteiger partial charge in [-0.2, -0.15) is 13.2 Å². The molecule has 0 aliphatic rings. The number of anilines is 1. The largest absolute Gasteiger partial charge is 0.481 e. The summed E-state index contributed by atoms with van der Waals surface area (Å²) in [6.45, 7) is 3.43. The zero-order chi connectivity index (χ0) is 17.9. The molecule has 1 amide bonds. The maximum absolute atomic E-state index is 12.6. The molecule has 7 heteroatoms. The monoisotopic (exact) mass is 357 g/mol. The number of carbonyl (C=O) groups is 1. The highest BCUT2D eigenvalue weighted by Gasteiger charge is 2.31. The van der Waals surface area contributed by atoms with Crippen LogP contribution >= 0.6 is 11.6 Å². The molecule has 0 unspecified atom stereocenters. The van der Waals surface area contributed by atoms with Crippen LogP contribution in [0.15, 0.2) is 42.5 Å². The van der Waals surface area contributed by atoms with Gasteiger partial charge in [0.1, 0.15) is 5.75 Å². The van der Waals surface area contributed by atoms with Crippen molar-refractivity contribution in [2.75, 3.05) is 5.32 Å². The fraction of sp³-hybridized carbons (Fsp3) is 0.235. The van der Waals surface area contributed by atoms with Gasteiger partial charge in [0.25, 0.3) is 5.91 Å². The lowest BCUT2D eigenvalue weighted by molar-refractivity contribution is -0.137. The first-order valence-electron chi connectivity index (χ1n) is 7.08. The third-order valence-electron chi connectivity index (χ3n) is 3.23. The van der Waals surface area contributed by atoms with Gasteiger partial charge in [0.05, 0.1) is 16.3 Å². The summed E-state index contributed by atoms with van der Waals surface area (Å²) in [6.07, 6.45) is -5.33. The van der Waals surface area contributed by atoms with Crippen molar-refractivity contribution < 1.29 is 22.7 Å². The van der Waals surface area contributed by atoms with Crippen molar-refractivity contribution in [1.82, 2.24) is 0 Å². The van der Waals surface area contributed by atoms with E-state index in [-0.39, 0.29) is 10.7 Å². The van der Waals surface area contributed by atoms with Crippen LogP contribution in [0, 0.1) is 6.92 Å². The third-order valence-corrected chi connectivity index (χ3v) is 3.54. The van der Waals surface area contributed by atoms with Gasteiger partial charge in [-0.25, -0.2) is 0 Å². The summed E-state index contributed by atoms with van der Waals surface area (Å²) in [6, 6.07) is 9.90. The summed E-state index contributed by atoms with van der Waals surface area (Å²) in [5.41, 5.74) is 0.190. The van der Waals surface area contributed by atoms with Crippen molar-refractivity contribution in [3.05, 3.63) is 58.6 Å². The van der Waals surface area contributed by atoms with E-state index in [1.165, 1.54) is 6.92 Å². The standard InChI is InChI=1S/C17H15ClF3NO2/c1-10-4-3-5-13(8-10)24-11(2)16(23)22-15-7-6-12(9-14(15)18)17(19,20)21/h3-9,11H,1-2H3,(H,22,23)/t11-/m0/s1. The number of hydrogen-bond acceptors (Lipinski definition) is 2. The lowest BCUT2D eigenvalue weighted by atomic mass is 10.2. The molecule has 3 nitrogen and oxygen atoms in total. The minimum Gasteiger partial charge on any atom is -0.481 e. The molecule has 2 rings (SSSR count). The Kier molecular flexibility index (Phi) is 5.39. The van der Waals surface area contributed by atoms with Gasteiger partial charge in [-0.05, 0) is 49.7 Å². The van der Waals surface area contributed by atoms with E-state index in [1.807, 2.05) is 13.0 Å². The SMILES string of the molecule is Cc1cccc(O[C@@H](C)C(=O)Nc2ccc(C(F)(F)F)cc2Cl)c1. The molecule has 2 aromatic carbocycles. The lowest BCUT2D eigenvalue weighted by Crippen LogP contribution is -2.30. The minimum atomic E-state index is -4.49. The fourth-order valence-electron chi connectivity index (χ4n) is 1.97. The number of benzene rings is 2. The maximum Gasteiger partial charge on any atom is 0.416 e. The van der Waals surface area contributed by atoms with Crippen molar-refractivity contribution in [2.24, 2.45) is 0 Å². The summed E-state index contributed by atoms with van der Waals surface area (Å²) in [4.78, 5) is 12.1. The van der Waals surface area contributed by atoms with Gasteiger partial charge < -0.3 is 10.1 Å². The van der Waals surface area contributed by atoms with Gasteiger partial charge in [0.15, 0.2) is 6.10 Å². The first-order valence-corrected chi connectivity index (χ1v) is 7.45. The van der Waals surface area contributed by atoms with Crippen molar-refractivity contribution in [1.29, 1.82) is 0 Å². The van der Waals surface area contributed by atoms with Gasteiger partial charge >= 0.3 is 6.18 Å². The minimum absolute atomic E-state index is 0.0920. The van der Waals surface area contributed by atoms with Gasteiger partial charge in [0, 0.05) is 0 Å². The van der Waals surface area contributed by atoms with E-state index in [2.05, 4.69) is 5.32 Å². The van der Waals surface area contributed by atoms with Crippen LogP contribution in [0.1, 0.15) is 18.1 Å². The Hall–Kier alpha value is -2.21. The Morgan fingerprint density at radius 1 is 1.21 bits per heavy atom. The fourth-order valence-corrected chi connectivity index (χ4v) is 2.20. The smallest absolute Gasteiger partial charge is 0.416 e. The Labute approximate surface area is 142 Å². The Morgan fingerprint density at radius 3 is 2.50 bits per heavy atom. The van der Waals surface area contributed by atoms with Gasteiger partial charge in [0.2, 0.25) is 0 Å². The number of nitrogens with one attached hydrogen (secondary N) is 1. The molecule has 0 spiro atoms. The van der Waals surface area contributed by atoms with E-state index < -0.39 is 23.8 Å². The molecule has 0 aromatic heterocycles. The molecule has 0 aliphatic heterocycles. The Morgan fingerprint density at radius 2 is 1.92 bits per heavy atom. The molecule has 0 saturated heterocycles. The van der Waals surface area contributed by atoms with Crippen molar-refractivity contribution in [2.45, 2.75) is 26.1 Å². The molecule has 24 heavy (non-hydrogen) atoms. The number of amides is 1. The molecule has 0 heterocycles. The molecule has 1 atom stereocenters. The molecule has 1 N–H and O–H groups in total. The molecule has 0 radical (unpaired) electrons. The number of aryl methyl sites for hydroxylation is 1. The number of hydrogen-bond donors (Lipinski definition) is 1. The Balaban J connectivity index is 2.06. The van der Waals surface area contributed by atoms with Gasteiger partial charge in [-0.1, -0.05) is 23.7 Å². The van der Waals surface area contributed by atoms with E-state index in [1.54, 1.807) is 18.2 Å². The molecule has 128 valence electrons. The summed E-state index contributed by atoms with van der Waals surface area (Å²) < 4.78 is 43.3. The lowest BCUT2D eigenvalue weighted by Gasteiger charge is -2.16. The van der Waals surface area contributed by atoms with E-state index in [0.717, 1.165) is 23.8 Å². The van der Waals surface area contributed by atoms with Crippen LogP contribution in [0.4, 0.5) is 18.9 Å². The van der Waals surface area contributed by atoms with Crippen molar-refractivity contribution in [3.8, 4) is 5.75 Å². The number of carbonyl (C=O) groups excluding carboxylic acids is 1. The van der Waals surface area contributed by atoms with Gasteiger partial charge in [-0.3, -0.25) is 4.79 Å². The van der Waals surface area contributed by atoms with E-state index >= 15 is 0 Å². The van der Waals surface area contributed by atoms with Crippen LogP contribution in [0.3, 0.4) is 0 Å². The zero-order valence-corrected chi connectivity index (χ0v) is 13.7. The first-order chi connectivity index (χ1) is 11.2. The average molecular weight is 358 g/mol. The van der Waals surface area contributed by atoms with Crippen molar-refractivity contribution in [3.63, 3.8) is 0 Å². The summed E-state index contributed by atoms with van der Waals surface area (Å²) in [7, 11) is 0. The van der Waals surface area contributed by atoms with Crippen LogP contribution in [0.25, 0.3) is 0 Å². The predicted octanol–water partition coefficient (Wildman–Crippen LogP) is 5.07. The number of halogens is 4. The molecule has 0 fully saturated rings. The summed E-state index contributed by atoms with van der Waals surface area (Å²) in [5.74, 6) is 0.00864. The summed E-state index contributed by atoms with van der Waals surface area (Å²) in [5, 5.41) is 2.27. The van der Waals surface area contributed by atoms with Crippen LogP contribution in [-0.4, -0.2) is 12.0 Å². The number of rotatable bonds is 4. The number of alkyl halides is 3. The number of ether oxygens (including phenoxy) is 1. The normalized spacial score (nSPS) is 12.6.